The zero-order chi connectivity index (χ0) is 17.9. The molecule has 0 aliphatic carbocycles. The van der Waals surface area contributed by atoms with E-state index in [0.717, 1.165) is 25.9 Å². The number of hydrogen-bond acceptors (Lipinski definition) is 5. The van der Waals surface area contributed by atoms with E-state index in [0.29, 0.717) is 30.9 Å². The van der Waals surface area contributed by atoms with E-state index >= 15 is 0 Å². The van der Waals surface area contributed by atoms with Crippen molar-refractivity contribution in [2.45, 2.75) is 25.4 Å². The molecule has 1 aliphatic rings. The van der Waals surface area contributed by atoms with E-state index in [1.165, 1.54) is 0 Å². The summed E-state index contributed by atoms with van der Waals surface area (Å²) in [7, 11) is 1.63. The quantitative estimate of drug-likeness (QED) is 0.552. The maximum Gasteiger partial charge on any atom is 0.251 e. The lowest BCUT2D eigenvalue weighted by Gasteiger charge is -2.11. The third-order valence-electron chi connectivity index (χ3n) is 3.92. The van der Waals surface area contributed by atoms with Crippen LogP contribution in [0.3, 0.4) is 0 Å². The molecule has 1 saturated heterocycles. The zero-order valence-electron chi connectivity index (χ0n) is 14.7. The average Bonchev–Trinajstić information content (AvgIpc) is 3.12. The average molecular weight is 349 g/mol. The first kappa shape index (κ1) is 19.4. The van der Waals surface area contributed by atoms with Gasteiger partial charge < -0.3 is 25.4 Å². The van der Waals surface area contributed by atoms with Gasteiger partial charge in [0.15, 0.2) is 0 Å². The molecule has 1 atom stereocenters. The number of amides is 2. The molecule has 1 heterocycles. The van der Waals surface area contributed by atoms with Crippen LogP contribution in [0.5, 0.6) is 0 Å². The van der Waals surface area contributed by atoms with Gasteiger partial charge in [-0.2, -0.15) is 0 Å². The van der Waals surface area contributed by atoms with Gasteiger partial charge in [-0.05, 0) is 43.5 Å². The number of benzene rings is 1. The Morgan fingerprint density at radius 3 is 2.76 bits per heavy atom. The number of rotatable bonds is 10. The molecule has 0 saturated carbocycles. The van der Waals surface area contributed by atoms with Crippen LogP contribution >= 0.6 is 0 Å². The molecule has 0 bridgehead atoms. The van der Waals surface area contributed by atoms with Gasteiger partial charge in [-0.25, -0.2) is 0 Å². The Hall–Kier alpha value is -1.96. The summed E-state index contributed by atoms with van der Waals surface area (Å²) in [5.74, 6) is -0.248. The van der Waals surface area contributed by atoms with Crippen molar-refractivity contribution in [2.75, 3.05) is 45.3 Å². The second-order valence-electron chi connectivity index (χ2n) is 5.99. The summed E-state index contributed by atoms with van der Waals surface area (Å²) in [4.78, 5) is 23.8. The summed E-state index contributed by atoms with van der Waals surface area (Å²) >= 11 is 0. The van der Waals surface area contributed by atoms with Gasteiger partial charge in [0, 0.05) is 44.7 Å². The lowest BCUT2D eigenvalue weighted by atomic mass is 10.2. The Labute approximate surface area is 148 Å². The van der Waals surface area contributed by atoms with Crippen molar-refractivity contribution < 1.29 is 19.1 Å². The third-order valence-corrected chi connectivity index (χ3v) is 3.92. The van der Waals surface area contributed by atoms with E-state index in [2.05, 4.69) is 16.0 Å². The first-order valence-electron chi connectivity index (χ1n) is 8.68. The van der Waals surface area contributed by atoms with Crippen LogP contribution in [0.2, 0.25) is 0 Å². The molecule has 1 aliphatic heterocycles. The van der Waals surface area contributed by atoms with Crippen molar-refractivity contribution in [3.05, 3.63) is 29.8 Å². The molecule has 1 aromatic carbocycles. The Balaban J connectivity index is 1.67. The molecule has 7 heteroatoms. The van der Waals surface area contributed by atoms with E-state index in [1.54, 1.807) is 31.4 Å². The van der Waals surface area contributed by atoms with Crippen molar-refractivity contribution in [1.29, 1.82) is 0 Å². The van der Waals surface area contributed by atoms with Crippen molar-refractivity contribution in [2.24, 2.45) is 0 Å². The summed E-state index contributed by atoms with van der Waals surface area (Å²) in [5, 5.41) is 8.72. The van der Waals surface area contributed by atoms with Crippen LogP contribution in [0, 0.1) is 0 Å². The molecular weight excluding hydrogens is 322 g/mol. The number of ether oxygens (including phenoxy) is 2. The van der Waals surface area contributed by atoms with Crippen molar-refractivity contribution in [1.82, 2.24) is 10.6 Å². The van der Waals surface area contributed by atoms with Gasteiger partial charge in [0.2, 0.25) is 5.91 Å². The number of carbonyl (C=O) groups excluding carboxylic acids is 2. The fraction of sp³-hybridized carbons (Fsp3) is 0.556. The smallest absolute Gasteiger partial charge is 0.251 e. The van der Waals surface area contributed by atoms with Gasteiger partial charge in [-0.3, -0.25) is 9.59 Å². The maximum atomic E-state index is 11.9. The number of anilines is 1. The Morgan fingerprint density at radius 2 is 2.08 bits per heavy atom. The standard InChI is InChI=1S/C18H27N3O4/c1-24-10-3-9-20-18(23)14-5-7-15(8-6-14)21-17(22)13-19-12-16-4-2-11-25-16/h5-8,16,19H,2-4,9-13H2,1H3,(H,20,23)(H,21,22). The predicted octanol–water partition coefficient (Wildman–Crippen LogP) is 1.16. The Kier molecular flexibility index (Phi) is 8.38. The highest BCUT2D eigenvalue weighted by Gasteiger charge is 2.15. The number of hydrogen-bond donors (Lipinski definition) is 3. The fourth-order valence-electron chi connectivity index (χ4n) is 2.58. The summed E-state index contributed by atoms with van der Waals surface area (Å²) in [6.07, 6.45) is 3.12. The maximum absolute atomic E-state index is 11.9. The number of nitrogens with one attached hydrogen (secondary N) is 3. The van der Waals surface area contributed by atoms with Crippen LogP contribution in [0.1, 0.15) is 29.6 Å². The molecule has 7 nitrogen and oxygen atoms in total. The van der Waals surface area contributed by atoms with Gasteiger partial charge in [-0.1, -0.05) is 0 Å². The van der Waals surface area contributed by atoms with Crippen LogP contribution in [0.15, 0.2) is 24.3 Å². The van der Waals surface area contributed by atoms with Gasteiger partial charge >= 0.3 is 0 Å². The Morgan fingerprint density at radius 1 is 1.28 bits per heavy atom. The SMILES string of the molecule is COCCCNC(=O)c1ccc(NC(=O)CNCC2CCCO2)cc1. The monoisotopic (exact) mass is 349 g/mol. The molecule has 138 valence electrons. The minimum Gasteiger partial charge on any atom is -0.385 e. The highest BCUT2D eigenvalue weighted by molar-refractivity contribution is 5.96. The van der Waals surface area contributed by atoms with E-state index in [1.807, 2.05) is 0 Å². The molecule has 0 radical (unpaired) electrons. The van der Waals surface area contributed by atoms with Gasteiger partial charge in [0.05, 0.1) is 12.6 Å². The highest BCUT2D eigenvalue weighted by atomic mass is 16.5. The minimum atomic E-state index is -0.132. The number of carbonyl (C=O) groups is 2. The highest BCUT2D eigenvalue weighted by Crippen LogP contribution is 2.11. The molecule has 25 heavy (non-hydrogen) atoms. The summed E-state index contributed by atoms with van der Waals surface area (Å²) in [6.45, 7) is 2.93. The van der Waals surface area contributed by atoms with Crippen molar-refractivity contribution in [3.8, 4) is 0 Å². The molecule has 3 N–H and O–H groups in total. The van der Waals surface area contributed by atoms with Gasteiger partial charge in [-0.15, -0.1) is 0 Å². The van der Waals surface area contributed by atoms with Crippen molar-refractivity contribution in [3.63, 3.8) is 0 Å². The fourth-order valence-corrected chi connectivity index (χ4v) is 2.58. The molecule has 1 aromatic rings. The van der Waals surface area contributed by atoms with E-state index in [9.17, 15) is 9.59 Å². The van der Waals surface area contributed by atoms with Crippen LogP contribution in [0.4, 0.5) is 5.69 Å². The molecule has 2 amide bonds. The van der Waals surface area contributed by atoms with E-state index in [4.69, 9.17) is 9.47 Å². The van der Waals surface area contributed by atoms with Crippen LogP contribution in [-0.2, 0) is 14.3 Å². The van der Waals surface area contributed by atoms with Gasteiger partial charge in [0.1, 0.15) is 0 Å². The normalized spacial score (nSPS) is 16.6. The topological polar surface area (TPSA) is 88.7 Å². The Bertz CT molecular complexity index is 542. The largest absolute Gasteiger partial charge is 0.385 e. The lowest BCUT2D eigenvalue weighted by molar-refractivity contribution is -0.115. The summed E-state index contributed by atoms with van der Waals surface area (Å²) < 4.78 is 10.4. The summed E-state index contributed by atoms with van der Waals surface area (Å²) in [6, 6.07) is 6.84. The van der Waals surface area contributed by atoms with E-state index < -0.39 is 0 Å². The zero-order valence-corrected chi connectivity index (χ0v) is 14.7. The molecular formula is C18H27N3O4. The molecule has 2 rings (SSSR count). The van der Waals surface area contributed by atoms with Crippen LogP contribution in [-0.4, -0.2) is 57.9 Å². The van der Waals surface area contributed by atoms with Crippen molar-refractivity contribution >= 4 is 17.5 Å². The summed E-state index contributed by atoms with van der Waals surface area (Å²) in [5.41, 5.74) is 1.23. The van der Waals surface area contributed by atoms with E-state index in [-0.39, 0.29) is 24.5 Å². The van der Waals surface area contributed by atoms with Gasteiger partial charge in [0.25, 0.3) is 5.91 Å². The van der Waals surface area contributed by atoms with Crippen LogP contribution < -0.4 is 16.0 Å². The number of methoxy groups -OCH3 is 1. The molecule has 1 unspecified atom stereocenters. The first-order valence-corrected chi connectivity index (χ1v) is 8.68. The minimum absolute atomic E-state index is 0.116. The van der Waals surface area contributed by atoms with Crippen LogP contribution in [0.25, 0.3) is 0 Å². The second kappa shape index (κ2) is 10.8. The third kappa shape index (κ3) is 7.21. The second-order valence-corrected chi connectivity index (χ2v) is 5.99. The molecule has 1 fully saturated rings. The lowest BCUT2D eigenvalue weighted by Crippen LogP contribution is -2.33. The first-order chi connectivity index (χ1) is 12.2. The molecule has 0 spiro atoms. The predicted molar refractivity (Wildman–Crippen MR) is 95.7 cm³/mol. The molecule has 0 aromatic heterocycles.